The molecular weight excluding hydrogens is 288 g/mol. The number of aromatic nitrogens is 3. The van der Waals surface area contributed by atoms with Gasteiger partial charge in [-0.3, -0.25) is 0 Å². The van der Waals surface area contributed by atoms with Gasteiger partial charge >= 0.3 is 0 Å². The van der Waals surface area contributed by atoms with Crippen LogP contribution in [0.3, 0.4) is 0 Å². The lowest BCUT2D eigenvalue weighted by Gasteiger charge is -2.14. The highest BCUT2D eigenvalue weighted by atomic mass is 32.2. The van der Waals surface area contributed by atoms with Crippen LogP contribution >= 0.6 is 24.0 Å². The van der Waals surface area contributed by atoms with E-state index in [0.717, 1.165) is 38.8 Å². The molecule has 0 amide bonds. The van der Waals surface area contributed by atoms with Gasteiger partial charge in [-0.05, 0) is 49.8 Å². The molecule has 0 aliphatic carbocycles. The number of benzene rings is 1. The lowest BCUT2D eigenvalue weighted by atomic mass is 9.93. The zero-order valence-electron chi connectivity index (χ0n) is 12.3. The van der Waals surface area contributed by atoms with Gasteiger partial charge < -0.3 is 5.73 Å². The summed E-state index contributed by atoms with van der Waals surface area (Å²) in [6, 6.07) is 2.02. The van der Waals surface area contributed by atoms with Crippen LogP contribution in [0.15, 0.2) is 11.2 Å². The van der Waals surface area contributed by atoms with E-state index in [2.05, 4.69) is 17.0 Å². The van der Waals surface area contributed by atoms with Crippen LogP contribution in [0.1, 0.15) is 22.3 Å². The smallest absolute Gasteiger partial charge is 0.186 e. The van der Waals surface area contributed by atoms with Gasteiger partial charge in [0.2, 0.25) is 0 Å². The first-order valence-corrected chi connectivity index (χ1v) is 7.86. The monoisotopic (exact) mass is 306 g/mol. The predicted molar refractivity (Wildman–Crippen MR) is 88.3 cm³/mol. The van der Waals surface area contributed by atoms with E-state index in [-0.39, 0.29) is 0 Å². The normalized spacial score (nSPS) is 10.8. The molecule has 2 N–H and O–H groups in total. The van der Waals surface area contributed by atoms with Crippen molar-refractivity contribution in [3.8, 4) is 11.4 Å². The highest BCUT2D eigenvalue weighted by Gasteiger charge is 2.17. The van der Waals surface area contributed by atoms with E-state index in [0.29, 0.717) is 4.99 Å². The van der Waals surface area contributed by atoms with Crippen molar-refractivity contribution < 1.29 is 0 Å². The molecule has 2 aromatic rings. The average Bonchev–Trinajstić information content (AvgIpc) is 2.74. The van der Waals surface area contributed by atoms with Gasteiger partial charge in [-0.1, -0.05) is 24.0 Å². The second-order valence-corrected chi connectivity index (χ2v) is 5.99. The van der Waals surface area contributed by atoms with Gasteiger partial charge in [-0.2, -0.15) is 5.10 Å². The SMILES string of the molecule is CSc1nc(-c2c(C)cc(C(N)=S)c(C)c2C)nn1C. The van der Waals surface area contributed by atoms with Crippen LogP contribution in [0.5, 0.6) is 0 Å². The molecule has 0 spiro atoms. The molecular formula is C14H18N4S2. The van der Waals surface area contributed by atoms with E-state index in [1.54, 1.807) is 16.4 Å². The van der Waals surface area contributed by atoms with E-state index in [4.69, 9.17) is 18.0 Å². The Labute approximate surface area is 128 Å². The molecule has 0 saturated heterocycles. The Kier molecular flexibility index (Phi) is 4.15. The van der Waals surface area contributed by atoms with E-state index in [1.807, 2.05) is 33.2 Å². The predicted octanol–water partition coefficient (Wildman–Crippen LogP) is 2.76. The number of thioether (sulfide) groups is 1. The molecule has 6 heteroatoms. The largest absolute Gasteiger partial charge is 0.389 e. The number of aryl methyl sites for hydroxylation is 2. The molecule has 1 heterocycles. The lowest BCUT2D eigenvalue weighted by molar-refractivity contribution is 0.687. The molecule has 0 radical (unpaired) electrons. The summed E-state index contributed by atoms with van der Waals surface area (Å²) in [5, 5.41) is 5.41. The standard InChI is InChI=1S/C14H18N4S2/c1-7-6-10(12(15)19)8(2)9(3)11(7)13-16-14(20-5)18(4)17-13/h6H,1-5H3,(H2,15,19). The molecule has 4 nitrogen and oxygen atoms in total. The summed E-state index contributed by atoms with van der Waals surface area (Å²) >= 11 is 6.69. The lowest BCUT2D eigenvalue weighted by Crippen LogP contribution is -2.13. The summed E-state index contributed by atoms with van der Waals surface area (Å²) in [6.45, 7) is 6.14. The number of hydrogen-bond acceptors (Lipinski definition) is 4. The summed E-state index contributed by atoms with van der Waals surface area (Å²) in [7, 11) is 1.91. The third kappa shape index (κ3) is 2.45. The van der Waals surface area contributed by atoms with Crippen molar-refractivity contribution in [3.05, 3.63) is 28.3 Å². The Balaban J connectivity index is 2.68. The molecule has 1 aromatic heterocycles. The van der Waals surface area contributed by atoms with Gasteiger partial charge in [-0.25, -0.2) is 9.67 Å². The molecule has 0 unspecified atom stereocenters. The van der Waals surface area contributed by atoms with Crippen molar-refractivity contribution >= 4 is 29.0 Å². The molecule has 0 saturated carbocycles. The van der Waals surface area contributed by atoms with Gasteiger partial charge in [0.15, 0.2) is 11.0 Å². The molecule has 0 atom stereocenters. The first kappa shape index (κ1) is 15.0. The first-order valence-electron chi connectivity index (χ1n) is 6.22. The maximum Gasteiger partial charge on any atom is 0.186 e. The number of hydrogen-bond donors (Lipinski definition) is 1. The number of thiocarbonyl (C=S) groups is 1. The highest BCUT2D eigenvalue weighted by Crippen LogP contribution is 2.30. The summed E-state index contributed by atoms with van der Waals surface area (Å²) in [5.74, 6) is 0.754. The Morgan fingerprint density at radius 2 is 1.95 bits per heavy atom. The Bertz CT molecular complexity index is 689. The van der Waals surface area contributed by atoms with Crippen molar-refractivity contribution in [1.29, 1.82) is 0 Å². The fourth-order valence-corrected chi connectivity index (χ4v) is 3.03. The molecule has 0 aliphatic rings. The third-order valence-corrected chi connectivity index (χ3v) is 4.43. The van der Waals surface area contributed by atoms with Crippen LogP contribution in [0.25, 0.3) is 11.4 Å². The molecule has 0 bridgehead atoms. The van der Waals surface area contributed by atoms with Crippen molar-refractivity contribution in [2.45, 2.75) is 25.9 Å². The summed E-state index contributed by atoms with van der Waals surface area (Å²) in [6.07, 6.45) is 1.99. The third-order valence-electron chi connectivity index (χ3n) is 3.49. The van der Waals surface area contributed by atoms with E-state index in [1.165, 1.54) is 0 Å². The topological polar surface area (TPSA) is 56.7 Å². The van der Waals surface area contributed by atoms with Crippen LogP contribution in [-0.2, 0) is 7.05 Å². The Hall–Kier alpha value is -1.40. The van der Waals surface area contributed by atoms with Crippen LogP contribution in [0.4, 0.5) is 0 Å². The van der Waals surface area contributed by atoms with E-state index < -0.39 is 0 Å². The summed E-state index contributed by atoms with van der Waals surface area (Å²) in [5.41, 5.74) is 11.1. The van der Waals surface area contributed by atoms with Crippen molar-refractivity contribution in [1.82, 2.24) is 14.8 Å². The van der Waals surface area contributed by atoms with Crippen LogP contribution in [0.2, 0.25) is 0 Å². The zero-order valence-corrected chi connectivity index (χ0v) is 13.9. The molecule has 0 aliphatic heterocycles. The highest BCUT2D eigenvalue weighted by molar-refractivity contribution is 7.98. The minimum Gasteiger partial charge on any atom is -0.389 e. The Morgan fingerprint density at radius 3 is 2.45 bits per heavy atom. The quantitative estimate of drug-likeness (QED) is 0.698. The minimum absolute atomic E-state index is 0.430. The number of rotatable bonds is 3. The minimum atomic E-state index is 0.430. The fourth-order valence-electron chi connectivity index (χ4n) is 2.34. The number of nitrogens with zero attached hydrogens (tertiary/aromatic N) is 3. The van der Waals surface area contributed by atoms with Gasteiger partial charge in [-0.15, -0.1) is 0 Å². The van der Waals surface area contributed by atoms with E-state index in [9.17, 15) is 0 Å². The first-order chi connectivity index (χ1) is 9.36. The van der Waals surface area contributed by atoms with Gasteiger partial charge in [0.25, 0.3) is 0 Å². The molecule has 1 aromatic carbocycles. The van der Waals surface area contributed by atoms with Crippen LogP contribution < -0.4 is 5.73 Å². The van der Waals surface area contributed by atoms with Crippen molar-refractivity contribution in [2.75, 3.05) is 6.26 Å². The van der Waals surface area contributed by atoms with Gasteiger partial charge in [0.05, 0.1) is 0 Å². The summed E-state index contributed by atoms with van der Waals surface area (Å²) < 4.78 is 1.80. The van der Waals surface area contributed by atoms with Crippen molar-refractivity contribution in [3.63, 3.8) is 0 Å². The molecule has 2 rings (SSSR count). The summed E-state index contributed by atoms with van der Waals surface area (Å²) in [4.78, 5) is 5.02. The van der Waals surface area contributed by atoms with E-state index >= 15 is 0 Å². The Morgan fingerprint density at radius 1 is 1.30 bits per heavy atom. The molecule has 0 fully saturated rings. The molecule has 20 heavy (non-hydrogen) atoms. The fraction of sp³-hybridized carbons (Fsp3) is 0.357. The van der Waals surface area contributed by atoms with Crippen molar-refractivity contribution in [2.24, 2.45) is 12.8 Å². The average molecular weight is 306 g/mol. The van der Waals surface area contributed by atoms with Crippen LogP contribution in [-0.4, -0.2) is 26.0 Å². The maximum absolute atomic E-state index is 5.78. The van der Waals surface area contributed by atoms with Gasteiger partial charge in [0.1, 0.15) is 4.99 Å². The van der Waals surface area contributed by atoms with Crippen LogP contribution in [0, 0.1) is 20.8 Å². The maximum atomic E-state index is 5.78. The second-order valence-electron chi connectivity index (χ2n) is 4.78. The second kappa shape index (κ2) is 5.54. The van der Waals surface area contributed by atoms with Gasteiger partial charge in [0, 0.05) is 18.2 Å². The number of nitrogens with two attached hydrogens (primary N) is 1. The molecule has 106 valence electrons. The zero-order chi connectivity index (χ0) is 15.0.